The maximum absolute atomic E-state index is 12.3. The van der Waals surface area contributed by atoms with Crippen molar-refractivity contribution >= 4 is 0 Å². The summed E-state index contributed by atoms with van der Waals surface area (Å²) < 4.78 is 17.8. The van der Waals surface area contributed by atoms with Crippen LogP contribution in [0.15, 0.2) is 29.0 Å². The van der Waals surface area contributed by atoms with Crippen LogP contribution in [-0.2, 0) is 6.54 Å². The van der Waals surface area contributed by atoms with Crippen molar-refractivity contribution in [3.63, 3.8) is 0 Å². The van der Waals surface area contributed by atoms with E-state index in [0.29, 0.717) is 12.2 Å². The molecule has 0 saturated heterocycles. The fourth-order valence-corrected chi connectivity index (χ4v) is 1.19. The van der Waals surface area contributed by atoms with Crippen LogP contribution in [0, 0.1) is 11.8 Å². The van der Waals surface area contributed by atoms with Gasteiger partial charge < -0.3 is 9.32 Å². The molecule has 0 spiro atoms. The molecule has 1 aromatic rings. The standard InChI is InChI=1S/C13H16FNO/c1-11(14)6-4-5-7-12-8-9-13(16-12)10-15(2)3/h8-9H,1,4,6,10H2,2-3H3. The molecule has 0 aliphatic carbocycles. The molecule has 3 heteroatoms. The number of halogens is 1. The molecule has 86 valence electrons. The first-order valence-corrected chi connectivity index (χ1v) is 5.13. The van der Waals surface area contributed by atoms with Gasteiger partial charge in [0, 0.05) is 12.8 Å². The molecule has 0 unspecified atom stereocenters. The van der Waals surface area contributed by atoms with E-state index >= 15 is 0 Å². The van der Waals surface area contributed by atoms with Gasteiger partial charge in [-0.15, -0.1) is 0 Å². The first-order chi connectivity index (χ1) is 7.58. The zero-order valence-corrected chi connectivity index (χ0v) is 9.72. The van der Waals surface area contributed by atoms with Crippen LogP contribution in [0.1, 0.15) is 24.4 Å². The molecule has 0 amide bonds. The van der Waals surface area contributed by atoms with Gasteiger partial charge in [-0.05, 0) is 32.1 Å². The van der Waals surface area contributed by atoms with Gasteiger partial charge >= 0.3 is 0 Å². The Balaban J connectivity index is 2.48. The summed E-state index contributed by atoms with van der Waals surface area (Å²) in [4.78, 5) is 2.02. The quantitative estimate of drug-likeness (QED) is 0.727. The highest BCUT2D eigenvalue weighted by molar-refractivity contribution is 5.26. The number of allylic oxidation sites excluding steroid dienone is 1. The minimum atomic E-state index is -0.331. The third-order valence-corrected chi connectivity index (χ3v) is 1.87. The second kappa shape index (κ2) is 6.14. The van der Waals surface area contributed by atoms with Gasteiger partial charge in [0.2, 0.25) is 0 Å². The highest BCUT2D eigenvalue weighted by Crippen LogP contribution is 2.08. The molecule has 0 atom stereocenters. The molecule has 0 aliphatic heterocycles. The molecule has 0 aliphatic rings. The summed E-state index contributed by atoms with van der Waals surface area (Å²) in [5.41, 5.74) is 0. The van der Waals surface area contributed by atoms with E-state index in [0.717, 1.165) is 12.3 Å². The maximum Gasteiger partial charge on any atom is 0.177 e. The lowest BCUT2D eigenvalue weighted by Crippen LogP contribution is -2.09. The zero-order chi connectivity index (χ0) is 12.0. The van der Waals surface area contributed by atoms with Crippen LogP contribution >= 0.6 is 0 Å². The fraction of sp³-hybridized carbons (Fsp3) is 0.385. The molecule has 1 aromatic heterocycles. The Kier molecular flexibility index (Phi) is 4.81. The van der Waals surface area contributed by atoms with E-state index in [-0.39, 0.29) is 12.2 Å². The second-order valence-electron chi connectivity index (χ2n) is 3.82. The Morgan fingerprint density at radius 1 is 1.50 bits per heavy atom. The Morgan fingerprint density at radius 3 is 2.88 bits per heavy atom. The van der Waals surface area contributed by atoms with Gasteiger partial charge in [0.05, 0.1) is 12.4 Å². The maximum atomic E-state index is 12.3. The third-order valence-electron chi connectivity index (χ3n) is 1.87. The fourth-order valence-electron chi connectivity index (χ4n) is 1.19. The molecule has 2 nitrogen and oxygen atoms in total. The molecule has 0 N–H and O–H groups in total. The lowest BCUT2D eigenvalue weighted by atomic mass is 10.3. The van der Waals surface area contributed by atoms with Crippen LogP contribution in [-0.4, -0.2) is 19.0 Å². The summed E-state index contributed by atoms with van der Waals surface area (Å²) in [7, 11) is 3.95. The first-order valence-electron chi connectivity index (χ1n) is 5.13. The van der Waals surface area contributed by atoms with Crippen molar-refractivity contribution < 1.29 is 8.81 Å². The molecule has 16 heavy (non-hydrogen) atoms. The predicted octanol–water partition coefficient (Wildman–Crippen LogP) is 2.96. The molecule has 0 saturated carbocycles. The third kappa shape index (κ3) is 4.81. The highest BCUT2D eigenvalue weighted by Gasteiger charge is 2.00. The van der Waals surface area contributed by atoms with E-state index in [9.17, 15) is 4.39 Å². The first kappa shape index (κ1) is 12.5. The summed E-state index contributed by atoms with van der Waals surface area (Å²) >= 11 is 0. The number of hydrogen-bond acceptors (Lipinski definition) is 2. The van der Waals surface area contributed by atoms with Crippen LogP contribution in [0.5, 0.6) is 0 Å². The van der Waals surface area contributed by atoms with Crippen molar-refractivity contribution in [1.82, 2.24) is 4.90 Å². The SMILES string of the molecule is C=C(F)CCC#Cc1ccc(CN(C)C)o1. The monoisotopic (exact) mass is 221 g/mol. The summed E-state index contributed by atoms with van der Waals surface area (Å²) in [6, 6.07) is 3.73. The van der Waals surface area contributed by atoms with Crippen molar-refractivity contribution in [1.29, 1.82) is 0 Å². The lowest BCUT2D eigenvalue weighted by Gasteiger charge is -2.04. The minimum Gasteiger partial charge on any atom is -0.451 e. The lowest BCUT2D eigenvalue weighted by molar-refractivity contribution is 0.348. The molecule has 1 rings (SSSR count). The van der Waals surface area contributed by atoms with E-state index in [2.05, 4.69) is 18.4 Å². The van der Waals surface area contributed by atoms with Gasteiger partial charge in [0.25, 0.3) is 0 Å². The molecule has 0 aromatic carbocycles. The van der Waals surface area contributed by atoms with Gasteiger partial charge in [0.1, 0.15) is 5.76 Å². The van der Waals surface area contributed by atoms with E-state index < -0.39 is 0 Å². The van der Waals surface area contributed by atoms with Crippen LogP contribution in [0.2, 0.25) is 0 Å². The average Bonchev–Trinajstić information content (AvgIpc) is 2.59. The van der Waals surface area contributed by atoms with Gasteiger partial charge in [-0.1, -0.05) is 12.5 Å². The van der Waals surface area contributed by atoms with Crippen molar-refractivity contribution in [2.24, 2.45) is 0 Å². The van der Waals surface area contributed by atoms with E-state index in [1.165, 1.54) is 0 Å². The summed E-state index contributed by atoms with van der Waals surface area (Å²) in [6.45, 7) is 3.93. The number of rotatable bonds is 4. The number of furan rings is 1. The Hall–Kier alpha value is -1.53. The van der Waals surface area contributed by atoms with Crippen LogP contribution in [0.3, 0.4) is 0 Å². The number of hydrogen-bond donors (Lipinski definition) is 0. The van der Waals surface area contributed by atoms with Crippen molar-refractivity contribution in [2.75, 3.05) is 14.1 Å². The summed E-state index contributed by atoms with van der Waals surface area (Å²) in [5, 5.41) is 0. The topological polar surface area (TPSA) is 16.4 Å². The molecule has 1 heterocycles. The van der Waals surface area contributed by atoms with Gasteiger partial charge in [-0.2, -0.15) is 0 Å². The smallest absolute Gasteiger partial charge is 0.177 e. The Morgan fingerprint density at radius 2 is 2.25 bits per heavy atom. The van der Waals surface area contributed by atoms with Crippen molar-refractivity contribution in [3.8, 4) is 11.8 Å². The largest absolute Gasteiger partial charge is 0.451 e. The van der Waals surface area contributed by atoms with Crippen LogP contribution in [0.4, 0.5) is 4.39 Å². The summed E-state index contributed by atoms with van der Waals surface area (Å²) in [5.74, 6) is 6.87. The predicted molar refractivity (Wildman–Crippen MR) is 62.5 cm³/mol. The highest BCUT2D eigenvalue weighted by atomic mass is 19.1. The van der Waals surface area contributed by atoms with Crippen LogP contribution < -0.4 is 0 Å². The number of nitrogens with zero attached hydrogens (tertiary/aromatic N) is 1. The van der Waals surface area contributed by atoms with Crippen molar-refractivity contribution in [2.45, 2.75) is 19.4 Å². The minimum absolute atomic E-state index is 0.290. The normalized spacial score (nSPS) is 10.0. The van der Waals surface area contributed by atoms with E-state index in [1.54, 1.807) is 0 Å². The average molecular weight is 221 g/mol. The zero-order valence-electron chi connectivity index (χ0n) is 9.72. The van der Waals surface area contributed by atoms with Gasteiger partial charge in [0.15, 0.2) is 5.76 Å². The molecular formula is C13H16FNO. The van der Waals surface area contributed by atoms with Gasteiger partial charge in [-0.25, -0.2) is 4.39 Å². The van der Waals surface area contributed by atoms with Crippen molar-refractivity contribution in [3.05, 3.63) is 36.1 Å². The summed E-state index contributed by atoms with van der Waals surface area (Å²) in [6.07, 6.45) is 0.761. The van der Waals surface area contributed by atoms with Gasteiger partial charge in [-0.3, -0.25) is 0 Å². The van der Waals surface area contributed by atoms with E-state index in [4.69, 9.17) is 4.42 Å². The van der Waals surface area contributed by atoms with E-state index in [1.807, 2.05) is 31.1 Å². The Bertz CT molecular complexity index is 409. The molecular weight excluding hydrogens is 205 g/mol. The molecule has 0 bridgehead atoms. The van der Waals surface area contributed by atoms with Crippen LogP contribution in [0.25, 0.3) is 0 Å². The Labute approximate surface area is 95.7 Å². The second-order valence-corrected chi connectivity index (χ2v) is 3.82. The molecule has 0 radical (unpaired) electrons. The molecule has 0 fully saturated rings.